The summed E-state index contributed by atoms with van der Waals surface area (Å²) in [4.78, 5) is 12.0. The van der Waals surface area contributed by atoms with E-state index >= 15 is 0 Å². The van der Waals surface area contributed by atoms with E-state index < -0.39 is 0 Å². The molecule has 2 aliphatic carbocycles. The summed E-state index contributed by atoms with van der Waals surface area (Å²) in [6.45, 7) is 0. The molecular weight excluding hydrogens is 300 g/mol. The number of halogens is 1. The first kappa shape index (κ1) is 15.8. The number of amides is 1. The van der Waals surface area contributed by atoms with Gasteiger partial charge in [-0.15, -0.1) is 12.4 Å². The van der Waals surface area contributed by atoms with Crippen molar-refractivity contribution < 1.29 is 4.79 Å². The van der Waals surface area contributed by atoms with Crippen LogP contribution in [0.15, 0.2) is 0 Å². The van der Waals surface area contributed by atoms with Crippen LogP contribution in [0.1, 0.15) is 74.5 Å². The molecule has 4 rings (SSSR count). The van der Waals surface area contributed by atoms with Gasteiger partial charge >= 0.3 is 0 Å². The number of anilines is 1. The van der Waals surface area contributed by atoms with Gasteiger partial charge in [0, 0.05) is 35.6 Å². The first-order valence-corrected chi connectivity index (χ1v) is 8.36. The lowest BCUT2D eigenvalue weighted by atomic mass is 9.70. The molecule has 5 nitrogen and oxygen atoms in total. The van der Waals surface area contributed by atoms with Gasteiger partial charge in [-0.25, -0.2) is 0 Å². The number of aromatic nitrogens is 2. The maximum atomic E-state index is 12.0. The molecule has 3 aliphatic rings. The Balaban J connectivity index is 0.00000144. The lowest BCUT2D eigenvalue weighted by Gasteiger charge is -2.36. The summed E-state index contributed by atoms with van der Waals surface area (Å²) in [5.74, 6) is 2.48. The smallest absolute Gasteiger partial charge is 0.226 e. The summed E-state index contributed by atoms with van der Waals surface area (Å²) in [6.07, 6.45) is 8.92. The van der Waals surface area contributed by atoms with E-state index in [1.165, 1.54) is 30.5 Å². The molecule has 2 heterocycles. The van der Waals surface area contributed by atoms with Gasteiger partial charge in [0.15, 0.2) is 5.82 Å². The predicted molar refractivity (Wildman–Crippen MR) is 88.3 cm³/mol. The SMILES string of the molecule is Cl.NC1CCC(C2CC(=O)Nc3n[nH]c(C4CCC4)c32)CC1. The molecule has 1 aliphatic heterocycles. The van der Waals surface area contributed by atoms with Crippen molar-refractivity contribution in [2.24, 2.45) is 11.7 Å². The number of hydrogen-bond acceptors (Lipinski definition) is 3. The third-order valence-corrected chi connectivity index (χ3v) is 5.77. The number of rotatable bonds is 2. The fourth-order valence-electron chi connectivity index (χ4n) is 4.28. The molecule has 2 saturated carbocycles. The molecule has 0 aromatic carbocycles. The maximum Gasteiger partial charge on any atom is 0.226 e. The number of carbonyl (C=O) groups is 1. The summed E-state index contributed by atoms with van der Waals surface area (Å²) in [5.41, 5.74) is 8.66. The second kappa shape index (κ2) is 6.20. The molecule has 4 N–H and O–H groups in total. The van der Waals surface area contributed by atoms with Gasteiger partial charge in [-0.1, -0.05) is 6.42 Å². The Hall–Kier alpha value is -1.07. The van der Waals surface area contributed by atoms with Gasteiger partial charge in [-0.3, -0.25) is 9.89 Å². The van der Waals surface area contributed by atoms with E-state index in [0.717, 1.165) is 31.5 Å². The third kappa shape index (κ3) is 2.65. The lowest BCUT2D eigenvalue weighted by Crippen LogP contribution is -2.33. The molecule has 1 aromatic heterocycles. The van der Waals surface area contributed by atoms with Crippen molar-refractivity contribution >= 4 is 24.1 Å². The average Bonchev–Trinajstić information content (AvgIpc) is 2.80. The number of aromatic amines is 1. The van der Waals surface area contributed by atoms with Crippen molar-refractivity contribution in [1.82, 2.24) is 10.2 Å². The Morgan fingerprint density at radius 1 is 1.09 bits per heavy atom. The summed E-state index contributed by atoms with van der Waals surface area (Å²) < 4.78 is 0. The molecule has 1 aromatic rings. The van der Waals surface area contributed by atoms with E-state index in [4.69, 9.17) is 5.73 Å². The highest BCUT2D eigenvalue weighted by Crippen LogP contribution is 2.48. The fraction of sp³-hybridized carbons (Fsp3) is 0.750. The Morgan fingerprint density at radius 3 is 2.45 bits per heavy atom. The van der Waals surface area contributed by atoms with E-state index in [-0.39, 0.29) is 18.3 Å². The quantitative estimate of drug-likeness (QED) is 0.781. The minimum atomic E-state index is 0. The van der Waals surface area contributed by atoms with Crippen molar-refractivity contribution in [2.45, 2.75) is 69.2 Å². The predicted octanol–water partition coefficient (Wildman–Crippen LogP) is 3.04. The van der Waals surface area contributed by atoms with Crippen molar-refractivity contribution in [3.05, 3.63) is 11.3 Å². The molecule has 22 heavy (non-hydrogen) atoms. The van der Waals surface area contributed by atoms with E-state index in [0.29, 0.717) is 30.2 Å². The molecule has 1 unspecified atom stereocenters. The number of H-pyrrole nitrogens is 1. The van der Waals surface area contributed by atoms with Gasteiger partial charge < -0.3 is 11.1 Å². The topological polar surface area (TPSA) is 83.8 Å². The van der Waals surface area contributed by atoms with Crippen LogP contribution < -0.4 is 11.1 Å². The molecule has 1 atom stereocenters. The van der Waals surface area contributed by atoms with Gasteiger partial charge in [-0.05, 0) is 44.4 Å². The van der Waals surface area contributed by atoms with Crippen LogP contribution in [0.4, 0.5) is 5.82 Å². The Morgan fingerprint density at radius 2 is 1.82 bits per heavy atom. The second-order valence-electron chi connectivity index (χ2n) is 7.06. The standard InChI is InChI=1S/C16H24N4O.ClH/c17-11-6-4-9(5-7-11)12-8-13(21)18-16-14(12)15(19-20-16)10-2-1-3-10;/h9-12H,1-8,17H2,(H2,18,19,20,21);1H. The van der Waals surface area contributed by atoms with Gasteiger partial charge in [-0.2, -0.15) is 5.10 Å². The zero-order valence-electron chi connectivity index (χ0n) is 12.8. The van der Waals surface area contributed by atoms with E-state index in [1.54, 1.807) is 0 Å². The number of nitrogens with one attached hydrogen (secondary N) is 2. The second-order valence-corrected chi connectivity index (χ2v) is 7.06. The maximum absolute atomic E-state index is 12.0. The third-order valence-electron chi connectivity index (χ3n) is 5.77. The number of fused-ring (bicyclic) bond motifs is 1. The Kier molecular flexibility index (Phi) is 4.46. The van der Waals surface area contributed by atoms with Crippen LogP contribution in [0.2, 0.25) is 0 Å². The van der Waals surface area contributed by atoms with Crippen LogP contribution in [0.25, 0.3) is 0 Å². The molecule has 1 amide bonds. The monoisotopic (exact) mass is 324 g/mol. The number of nitrogens with two attached hydrogens (primary N) is 1. The van der Waals surface area contributed by atoms with Crippen molar-refractivity contribution in [1.29, 1.82) is 0 Å². The van der Waals surface area contributed by atoms with Crippen LogP contribution in [-0.2, 0) is 4.79 Å². The van der Waals surface area contributed by atoms with Crippen molar-refractivity contribution in [3.8, 4) is 0 Å². The Labute approximate surface area is 137 Å². The summed E-state index contributed by atoms with van der Waals surface area (Å²) in [5, 5.41) is 10.6. The van der Waals surface area contributed by atoms with Crippen LogP contribution >= 0.6 is 12.4 Å². The minimum Gasteiger partial charge on any atom is -0.328 e. The van der Waals surface area contributed by atoms with E-state index in [2.05, 4.69) is 15.5 Å². The first-order valence-electron chi connectivity index (χ1n) is 8.36. The number of carbonyl (C=O) groups excluding carboxylic acids is 1. The molecule has 122 valence electrons. The van der Waals surface area contributed by atoms with Crippen LogP contribution in [0, 0.1) is 5.92 Å². The molecule has 0 spiro atoms. The normalized spacial score (nSPS) is 31.7. The molecule has 0 bridgehead atoms. The highest BCUT2D eigenvalue weighted by Gasteiger charge is 2.39. The van der Waals surface area contributed by atoms with Crippen LogP contribution in [-0.4, -0.2) is 22.1 Å². The number of nitrogens with zero attached hydrogens (tertiary/aromatic N) is 1. The van der Waals surface area contributed by atoms with E-state index in [1.807, 2.05) is 0 Å². The summed E-state index contributed by atoms with van der Waals surface area (Å²) in [6, 6.07) is 0.355. The molecule has 0 radical (unpaired) electrons. The van der Waals surface area contributed by atoms with Gasteiger partial charge in [0.25, 0.3) is 0 Å². The first-order chi connectivity index (χ1) is 10.2. The molecule has 2 fully saturated rings. The molecular formula is C16H25ClN4O. The summed E-state index contributed by atoms with van der Waals surface area (Å²) in [7, 11) is 0. The molecule has 0 saturated heterocycles. The largest absolute Gasteiger partial charge is 0.328 e. The highest BCUT2D eigenvalue weighted by atomic mass is 35.5. The van der Waals surface area contributed by atoms with Gasteiger partial charge in [0.1, 0.15) is 0 Å². The van der Waals surface area contributed by atoms with E-state index in [9.17, 15) is 4.79 Å². The van der Waals surface area contributed by atoms with Crippen molar-refractivity contribution in [2.75, 3.05) is 5.32 Å². The van der Waals surface area contributed by atoms with Gasteiger partial charge in [0.2, 0.25) is 5.91 Å². The zero-order valence-corrected chi connectivity index (χ0v) is 13.6. The Bertz CT molecular complexity index is 546. The van der Waals surface area contributed by atoms with Gasteiger partial charge in [0.05, 0.1) is 0 Å². The average molecular weight is 325 g/mol. The minimum absolute atomic E-state index is 0. The van der Waals surface area contributed by atoms with Crippen molar-refractivity contribution in [3.63, 3.8) is 0 Å². The molecule has 6 heteroatoms. The lowest BCUT2D eigenvalue weighted by molar-refractivity contribution is -0.117. The van der Waals surface area contributed by atoms with Crippen LogP contribution in [0.5, 0.6) is 0 Å². The fourth-order valence-corrected chi connectivity index (χ4v) is 4.28. The summed E-state index contributed by atoms with van der Waals surface area (Å²) >= 11 is 0. The van der Waals surface area contributed by atoms with Crippen LogP contribution in [0.3, 0.4) is 0 Å². The number of hydrogen-bond donors (Lipinski definition) is 3. The zero-order chi connectivity index (χ0) is 14.4. The highest BCUT2D eigenvalue weighted by molar-refractivity contribution is 5.94.